The minimum absolute atomic E-state index is 0. The molecule has 2 N–H and O–H groups in total. The molecule has 0 atom stereocenters. The molecule has 0 bridgehead atoms. The highest BCUT2D eigenvalue weighted by Gasteiger charge is 2.03. The number of hydrogen-bond donors (Lipinski definition) is 2. The number of halogens is 2. The number of aromatic nitrogens is 1. The van der Waals surface area contributed by atoms with Crippen LogP contribution in [0, 0.1) is 12.7 Å². The summed E-state index contributed by atoms with van der Waals surface area (Å²) in [6.07, 6.45) is 2.62. The summed E-state index contributed by atoms with van der Waals surface area (Å²) in [5, 5.41) is 6.59. The fourth-order valence-corrected chi connectivity index (χ4v) is 2.57. The number of anilines is 1. The number of benzene rings is 1. The molecule has 2 aromatic rings. The zero-order valence-corrected chi connectivity index (χ0v) is 18.8. The summed E-state index contributed by atoms with van der Waals surface area (Å²) in [5.41, 5.74) is 3.22. The Hall–Kier alpha value is -1.90. The van der Waals surface area contributed by atoms with Crippen LogP contribution in [-0.4, -0.2) is 38.1 Å². The van der Waals surface area contributed by atoms with Crippen LogP contribution < -0.4 is 15.5 Å². The van der Waals surface area contributed by atoms with Gasteiger partial charge in [-0.3, -0.25) is 0 Å². The second-order valence-corrected chi connectivity index (χ2v) is 6.36. The highest BCUT2D eigenvalue weighted by Crippen LogP contribution is 2.11. The van der Waals surface area contributed by atoms with Crippen molar-refractivity contribution in [2.75, 3.05) is 32.1 Å². The van der Waals surface area contributed by atoms with Crippen molar-refractivity contribution in [1.29, 1.82) is 0 Å². The van der Waals surface area contributed by atoms with Crippen molar-refractivity contribution in [3.8, 4) is 0 Å². The van der Waals surface area contributed by atoms with Gasteiger partial charge in [0, 0.05) is 33.4 Å². The van der Waals surface area contributed by atoms with Gasteiger partial charge in [-0.1, -0.05) is 6.07 Å². The molecule has 7 heteroatoms. The average Bonchev–Trinajstić information content (AvgIpc) is 2.61. The van der Waals surface area contributed by atoms with E-state index in [1.165, 1.54) is 6.07 Å². The van der Waals surface area contributed by atoms with Crippen molar-refractivity contribution >= 4 is 35.8 Å². The maximum Gasteiger partial charge on any atom is 0.191 e. The molecule has 5 nitrogen and oxygen atoms in total. The molecule has 1 aromatic carbocycles. The van der Waals surface area contributed by atoms with Gasteiger partial charge in [-0.25, -0.2) is 14.4 Å². The maximum absolute atomic E-state index is 13.2. The first-order valence-electron chi connectivity index (χ1n) is 8.89. The van der Waals surface area contributed by atoms with Crippen LogP contribution in [0.2, 0.25) is 0 Å². The van der Waals surface area contributed by atoms with E-state index >= 15 is 0 Å². The molecule has 0 amide bonds. The van der Waals surface area contributed by atoms with Crippen LogP contribution in [0.1, 0.15) is 23.6 Å². The minimum Gasteiger partial charge on any atom is -0.363 e. The van der Waals surface area contributed by atoms with Crippen LogP contribution in [0.15, 0.2) is 41.5 Å². The third kappa shape index (κ3) is 7.70. The molecule has 0 aliphatic carbocycles. The van der Waals surface area contributed by atoms with Gasteiger partial charge in [0.15, 0.2) is 5.96 Å². The molecule has 0 unspecified atom stereocenters. The zero-order chi connectivity index (χ0) is 18.9. The van der Waals surface area contributed by atoms with E-state index in [2.05, 4.69) is 20.6 Å². The van der Waals surface area contributed by atoms with Gasteiger partial charge in [0.25, 0.3) is 0 Å². The smallest absolute Gasteiger partial charge is 0.191 e. The van der Waals surface area contributed by atoms with Crippen LogP contribution in [0.25, 0.3) is 0 Å². The molecule has 0 aliphatic heterocycles. The third-order valence-corrected chi connectivity index (χ3v) is 4.02. The number of hydrogen-bond acceptors (Lipinski definition) is 3. The molecular weight excluding hydrogens is 456 g/mol. The molecule has 0 aliphatic rings. The molecule has 0 saturated heterocycles. The highest BCUT2D eigenvalue weighted by molar-refractivity contribution is 14.0. The van der Waals surface area contributed by atoms with Crippen molar-refractivity contribution in [3.05, 3.63) is 59.0 Å². The van der Waals surface area contributed by atoms with Crippen LogP contribution >= 0.6 is 24.0 Å². The second kappa shape index (κ2) is 11.7. The Morgan fingerprint density at radius 2 is 1.96 bits per heavy atom. The van der Waals surface area contributed by atoms with Gasteiger partial charge in [0.1, 0.15) is 11.6 Å². The van der Waals surface area contributed by atoms with Crippen molar-refractivity contribution < 1.29 is 4.39 Å². The van der Waals surface area contributed by atoms with E-state index in [1.54, 1.807) is 12.3 Å². The van der Waals surface area contributed by atoms with E-state index in [0.29, 0.717) is 6.54 Å². The van der Waals surface area contributed by atoms with E-state index in [4.69, 9.17) is 0 Å². The fraction of sp³-hybridized carbons (Fsp3) is 0.400. The number of guanidine groups is 1. The van der Waals surface area contributed by atoms with Gasteiger partial charge >= 0.3 is 0 Å². The Bertz CT molecular complexity index is 749. The van der Waals surface area contributed by atoms with Crippen LogP contribution in [0.5, 0.6) is 0 Å². The topological polar surface area (TPSA) is 52.6 Å². The van der Waals surface area contributed by atoms with E-state index in [1.807, 2.05) is 51.0 Å². The summed E-state index contributed by atoms with van der Waals surface area (Å²) in [4.78, 5) is 10.9. The quantitative estimate of drug-likeness (QED) is 0.358. The lowest BCUT2D eigenvalue weighted by Gasteiger charge is -2.13. The third-order valence-electron chi connectivity index (χ3n) is 4.02. The van der Waals surface area contributed by atoms with Crippen molar-refractivity contribution in [1.82, 2.24) is 15.6 Å². The van der Waals surface area contributed by atoms with E-state index in [0.717, 1.165) is 48.0 Å². The van der Waals surface area contributed by atoms with Crippen LogP contribution in [0.4, 0.5) is 10.2 Å². The van der Waals surface area contributed by atoms with Gasteiger partial charge in [-0.15, -0.1) is 24.0 Å². The Labute approximate surface area is 178 Å². The van der Waals surface area contributed by atoms with Crippen LogP contribution in [0.3, 0.4) is 0 Å². The number of aryl methyl sites for hydroxylation is 1. The standard InChI is InChI=1S/C20H28FN5.HI/c1-5-22-20(24-11-9-17-6-7-18(21)12-15(17)2)25-14-16-8-10-23-19(13-16)26(3)4;/h6-8,10,12-13H,5,9,11,14H2,1-4H3,(H2,22,24,25);1H. The molecule has 1 heterocycles. The van der Waals surface area contributed by atoms with Gasteiger partial charge in [-0.05, 0) is 61.2 Å². The van der Waals surface area contributed by atoms with Crippen molar-refractivity contribution in [3.63, 3.8) is 0 Å². The summed E-state index contributed by atoms with van der Waals surface area (Å²) in [6, 6.07) is 8.93. The molecule has 0 spiro atoms. The van der Waals surface area contributed by atoms with E-state index in [9.17, 15) is 4.39 Å². The van der Waals surface area contributed by atoms with Gasteiger partial charge in [0.05, 0.1) is 6.54 Å². The predicted molar refractivity (Wildman–Crippen MR) is 122 cm³/mol. The first kappa shape index (κ1) is 23.1. The molecule has 0 radical (unpaired) electrons. The molecule has 148 valence electrons. The Kier molecular flexibility index (Phi) is 10.1. The first-order chi connectivity index (χ1) is 12.5. The number of aliphatic imine (C=N–C) groups is 1. The van der Waals surface area contributed by atoms with Gasteiger partial charge < -0.3 is 15.5 Å². The Morgan fingerprint density at radius 3 is 2.63 bits per heavy atom. The van der Waals surface area contributed by atoms with Crippen LogP contribution in [-0.2, 0) is 13.0 Å². The Balaban J connectivity index is 0.00000364. The van der Waals surface area contributed by atoms with E-state index in [-0.39, 0.29) is 29.8 Å². The number of rotatable bonds is 7. The highest BCUT2D eigenvalue weighted by atomic mass is 127. The fourth-order valence-electron chi connectivity index (χ4n) is 2.57. The summed E-state index contributed by atoms with van der Waals surface area (Å²) < 4.78 is 13.2. The van der Waals surface area contributed by atoms with Crippen molar-refractivity contribution in [2.24, 2.45) is 4.99 Å². The normalized spacial score (nSPS) is 10.9. The lowest BCUT2D eigenvalue weighted by Crippen LogP contribution is -2.38. The number of nitrogens with zero attached hydrogens (tertiary/aromatic N) is 3. The van der Waals surface area contributed by atoms with Crippen molar-refractivity contribution in [2.45, 2.75) is 26.8 Å². The summed E-state index contributed by atoms with van der Waals surface area (Å²) in [6.45, 7) is 6.08. The molecule has 0 fully saturated rings. The lowest BCUT2D eigenvalue weighted by atomic mass is 10.1. The predicted octanol–water partition coefficient (Wildman–Crippen LogP) is 3.51. The number of pyridine rings is 1. The molecule has 27 heavy (non-hydrogen) atoms. The van der Waals surface area contributed by atoms with E-state index < -0.39 is 0 Å². The summed E-state index contributed by atoms with van der Waals surface area (Å²) in [5.74, 6) is 1.50. The lowest BCUT2D eigenvalue weighted by molar-refractivity contribution is 0.625. The summed E-state index contributed by atoms with van der Waals surface area (Å²) >= 11 is 0. The molecular formula is C20H29FIN5. The second-order valence-electron chi connectivity index (χ2n) is 6.36. The largest absolute Gasteiger partial charge is 0.363 e. The average molecular weight is 485 g/mol. The maximum atomic E-state index is 13.2. The molecule has 1 aromatic heterocycles. The monoisotopic (exact) mass is 485 g/mol. The Morgan fingerprint density at radius 1 is 1.19 bits per heavy atom. The SMILES string of the molecule is CCNC(=NCc1ccnc(N(C)C)c1)NCCc1ccc(F)cc1C.I. The summed E-state index contributed by atoms with van der Waals surface area (Å²) in [7, 11) is 3.94. The van der Waals surface area contributed by atoms with Gasteiger partial charge in [-0.2, -0.15) is 0 Å². The van der Waals surface area contributed by atoms with Gasteiger partial charge in [0.2, 0.25) is 0 Å². The molecule has 2 rings (SSSR count). The number of nitrogens with one attached hydrogen (secondary N) is 2. The molecule has 0 saturated carbocycles. The minimum atomic E-state index is -0.191. The zero-order valence-electron chi connectivity index (χ0n) is 16.4. The first-order valence-corrected chi connectivity index (χ1v) is 8.89.